The summed E-state index contributed by atoms with van der Waals surface area (Å²) in [6.45, 7) is 2.95. The SMILES string of the molecule is Brc1cccc(COC2CCCNCC2)c1. The van der Waals surface area contributed by atoms with Gasteiger partial charge < -0.3 is 10.1 Å². The second-order valence-corrected chi connectivity index (χ2v) is 5.16. The van der Waals surface area contributed by atoms with Gasteiger partial charge in [0.15, 0.2) is 0 Å². The lowest BCUT2D eigenvalue weighted by Crippen LogP contribution is -2.17. The summed E-state index contributed by atoms with van der Waals surface area (Å²) >= 11 is 3.48. The summed E-state index contributed by atoms with van der Waals surface area (Å²) in [5, 5.41) is 3.40. The molecule has 2 nitrogen and oxygen atoms in total. The molecule has 1 aromatic rings. The zero-order valence-corrected chi connectivity index (χ0v) is 11.0. The normalized spacial score (nSPS) is 21.7. The van der Waals surface area contributed by atoms with E-state index in [4.69, 9.17) is 4.74 Å². The average molecular weight is 284 g/mol. The molecule has 1 aliphatic heterocycles. The fourth-order valence-electron chi connectivity index (χ4n) is 1.99. The van der Waals surface area contributed by atoms with Crippen molar-refractivity contribution in [3.05, 3.63) is 34.3 Å². The van der Waals surface area contributed by atoms with E-state index in [0.717, 1.165) is 30.6 Å². The maximum Gasteiger partial charge on any atom is 0.0721 e. The molecule has 1 N–H and O–H groups in total. The Morgan fingerprint density at radius 3 is 3.12 bits per heavy atom. The molecule has 1 atom stereocenters. The fourth-order valence-corrected chi connectivity index (χ4v) is 2.44. The highest BCUT2D eigenvalue weighted by atomic mass is 79.9. The van der Waals surface area contributed by atoms with Crippen LogP contribution in [0.5, 0.6) is 0 Å². The predicted octanol–water partition coefficient (Wildman–Crippen LogP) is 3.11. The first-order valence-corrected chi connectivity index (χ1v) is 6.70. The fraction of sp³-hybridized carbons (Fsp3) is 0.538. The first-order chi connectivity index (χ1) is 7.84. The molecule has 0 saturated carbocycles. The van der Waals surface area contributed by atoms with Gasteiger partial charge in [0.2, 0.25) is 0 Å². The quantitative estimate of drug-likeness (QED) is 0.921. The maximum atomic E-state index is 5.94. The van der Waals surface area contributed by atoms with Crippen LogP contribution in [0.1, 0.15) is 24.8 Å². The van der Waals surface area contributed by atoms with Crippen molar-refractivity contribution in [2.24, 2.45) is 0 Å². The number of hydrogen-bond acceptors (Lipinski definition) is 2. The Bertz CT molecular complexity index is 321. The molecule has 0 amide bonds. The van der Waals surface area contributed by atoms with E-state index in [1.807, 2.05) is 6.07 Å². The standard InChI is InChI=1S/C13H18BrNO/c14-12-4-1-3-11(9-12)10-16-13-5-2-7-15-8-6-13/h1,3-4,9,13,15H,2,5-8,10H2. The molecular formula is C13H18BrNO. The monoisotopic (exact) mass is 283 g/mol. The van der Waals surface area contributed by atoms with E-state index in [2.05, 4.69) is 39.4 Å². The van der Waals surface area contributed by atoms with E-state index in [1.54, 1.807) is 0 Å². The first-order valence-electron chi connectivity index (χ1n) is 5.91. The van der Waals surface area contributed by atoms with Gasteiger partial charge in [-0.15, -0.1) is 0 Å². The van der Waals surface area contributed by atoms with Gasteiger partial charge in [-0.1, -0.05) is 28.1 Å². The molecule has 1 heterocycles. The van der Waals surface area contributed by atoms with Gasteiger partial charge in [-0.3, -0.25) is 0 Å². The molecule has 0 aliphatic carbocycles. The van der Waals surface area contributed by atoms with E-state index in [-0.39, 0.29) is 0 Å². The maximum absolute atomic E-state index is 5.94. The van der Waals surface area contributed by atoms with Crippen molar-refractivity contribution in [2.45, 2.75) is 32.0 Å². The van der Waals surface area contributed by atoms with Crippen LogP contribution >= 0.6 is 15.9 Å². The van der Waals surface area contributed by atoms with Gasteiger partial charge in [0.1, 0.15) is 0 Å². The Balaban J connectivity index is 1.81. The molecule has 1 aliphatic rings. The summed E-state index contributed by atoms with van der Waals surface area (Å²) in [6, 6.07) is 8.32. The number of rotatable bonds is 3. The molecule has 1 saturated heterocycles. The summed E-state index contributed by atoms with van der Waals surface area (Å²) in [5.41, 5.74) is 1.24. The highest BCUT2D eigenvalue weighted by Crippen LogP contribution is 2.15. The minimum absolute atomic E-state index is 0.425. The zero-order chi connectivity index (χ0) is 11.2. The smallest absolute Gasteiger partial charge is 0.0721 e. The lowest BCUT2D eigenvalue weighted by atomic mass is 10.1. The van der Waals surface area contributed by atoms with Crippen LogP contribution in [0, 0.1) is 0 Å². The van der Waals surface area contributed by atoms with E-state index in [9.17, 15) is 0 Å². The molecule has 3 heteroatoms. The van der Waals surface area contributed by atoms with Crippen molar-refractivity contribution in [3.63, 3.8) is 0 Å². The third-order valence-electron chi connectivity index (χ3n) is 2.90. The topological polar surface area (TPSA) is 21.3 Å². The van der Waals surface area contributed by atoms with Gasteiger partial charge >= 0.3 is 0 Å². The molecule has 0 bridgehead atoms. The van der Waals surface area contributed by atoms with Crippen molar-refractivity contribution >= 4 is 15.9 Å². The lowest BCUT2D eigenvalue weighted by molar-refractivity contribution is 0.0330. The Morgan fingerprint density at radius 2 is 2.25 bits per heavy atom. The molecule has 1 unspecified atom stereocenters. The second-order valence-electron chi connectivity index (χ2n) is 4.24. The summed E-state index contributed by atoms with van der Waals surface area (Å²) in [7, 11) is 0. The third-order valence-corrected chi connectivity index (χ3v) is 3.39. The number of hydrogen-bond donors (Lipinski definition) is 1. The summed E-state index contributed by atoms with van der Waals surface area (Å²) < 4.78 is 7.06. The Labute approximate surface area is 106 Å². The minimum Gasteiger partial charge on any atom is -0.373 e. The highest BCUT2D eigenvalue weighted by molar-refractivity contribution is 9.10. The van der Waals surface area contributed by atoms with E-state index >= 15 is 0 Å². The predicted molar refractivity (Wildman–Crippen MR) is 69.4 cm³/mol. The van der Waals surface area contributed by atoms with Crippen LogP contribution in [0.25, 0.3) is 0 Å². The molecule has 0 spiro atoms. The van der Waals surface area contributed by atoms with Crippen molar-refractivity contribution in [2.75, 3.05) is 13.1 Å². The van der Waals surface area contributed by atoms with Crippen molar-refractivity contribution in [3.8, 4) is 0 Å². The molecule has 0 aromatic heterocycles. The Kier molecular flexibility index (Phi) is 4.82. The van der Waals surface area contributed by atoms with Crippen molar-refractivity contribution in [1.29, 1.82) is 0 Å². The molecule has 1 fully saturated rings. The van der Waals surface area contributed by atoms with Crippen molar-refractivity contribution in [1.82, 2.24) is 5.32 Å². The average Bonchev–Trinajstić information content (AvgIpc) is 2.55. The number of halogens is 1. The van der Waals surface area contributed by atoms with Crippen LogP contribution in [-0.4, -0.2) is 19.2 Å². The van der Waals surface area contributed by atoms with E-state index in [1.165, 1.54) is 18.4 Å². The minimum atomic E-state index is 0.425. The highest BCUT2D eigenvalue weighted by Gasteiger charge is 2.11. The van der Waals surface area contributed by atoms with Crippen LogP contribution < -0.4 is 5.32 Å². The van der Waals surface area contributed by atoms with Gasteiger partial charge in [0, 0.05) is 4.47 Å². The van der Waals surface area contributed by atoms with Crippen LogP contribution in [0.4, 0.5) is 0 Å². The molecule has 2 rings (SSSR count). The Morgan fingerprint density at radius 1 is 1.31 bits per heavy atom. The summed E-state index contributed by atoms with van der Waals surface area (Å²) in [6.07, 6.45) is 3.96. The van der Waals surface area contributed by atoms with Crippen molar-refractivity contribution < 1.29 is 4.74 Å². The van der Waals surface area contributed by atoms with E-state index in [0.29, 0.717) is 6.10 Å². The molecule has 88 valence electrons. The van der Waals surface area contributed by atoms with Gasteiger partial charge in [-0.05, 0) is 50.0 Å². The summed E-state index contributed by atoms with van der Waals surface area (Å²) in [4.78, 5) is 0. The second kappa shape index (κ2) is 6.38. The third kappa shape index (κ3) is 3.89. The lowest BCUT2D eigenvalue weighted by Gasteiger charge is -2.15. The molecular weight excluding hydrogens is 266 g/mol. The molecule has 0 radical (unpaired) electrons. The number of nitrogens with one attached hydrogen (secondary N) is 1. The van der Waals surface area contributed by atoms with E-state index < -0.39 is 0 Å². The zero-order valence-electron chi connectivity index (χ0n) is 9.42. The van der Waals surface area contributed by atoms with Crippen LogP contribution in [-0.2, 0) is 11.3 Å². The molecule has 1 aromatic carbocycles. The molecule has 16 heavy (non-hydrogen) atoms. The Hall–Kier alpha value is -0.380. The van der Waals surface area contributed by atoms with Gasteiger partial charge in [-0.2, -0.15) is 0 Å². The van der Waals surface area contributed by atoms with Gasteiger partial charge in [-0.25, -0.2) is 0 Å². The number of benzene rings is 1. The first kappa shape index (κ1) is 12.1. The number of ether oxygens (including phenoxy) is 1. The van der Waals surface area contributed by atoms with Crippen LogP contribution in [0.15, 0.2) is 28.7 Å². The van der Waals surface area contributed by atoms with Crippen LogP contribution in [0.3, 0.4) is 0 Å². The van der Waals surface area contributed by atoms with Gasteiger partial charge in [0.05, 0.1) is 12.7 Å². The largest absolute Gasteiger partial charge is 0.373 e. The van der Waals surface area contributed by atoms with Crippen LogP contribution in [0.2, 0.25) is 0 Å². The van der Waals surface area contributed by atoms with Gasteiger partial charge in [0.25, 0.3) is 0 Å². The summed E-state index contributed by atoms with van der Waals surface area (Å²) in [5.74, 6) is 0.